The number of fused-ring (bicyclic) bond motifs is 1. The van der Waals surface area contributed by atoms with Crippen LogP contribution in [0, 0.1) is 0 Å². The number of amides is 2. The van der Waals surface area contributed by atoms with Gasteiger partial charge in [-0.15, -0.1) is 11.3 Å². The van der Waals surface area contributed by atoms with Crippen molar-refractivity contribution >= 4 is 34.3 Å². The van der Waals surface area contributed by atoms with Gasteiger partial charge in [-0.2, -0.15) is 0 Å². The molecule has 0 spiro atoms. The number of carbonyl (C=O) groups excluding carboxylic acids is 2. The Balaban J connectivity index is 1.45. The number of benzene rings is 1. The minimum absolute atomic E-state index is 0.0490. The van der Waals surface area contributed by atoms with Gasteiger partial charge in [-0.05, 0) is 36.4 Å². The number of hydrogen-bond donors (Lipinski definition) is 1. The normalized spacial score (nSPS) is 18.2. The van der Waals surface area contributed by atoms with E-state index in [0.717, 1.165) is 35.4 Å². The van der Waals surface area contributed by atoms with Gasteiger partial charge in [0.25, 0.3) is 0 Å². The highest BCUT2D eigenvalue weighted by atomic mass is 32.1. The number of para-hydroxylation sites is 2. The molecule has 6 nitrogen and oxygen atoms in total. The first-order valence-corrected chi connectivity index (χ1v) is 10.4. The van der Waals surface area contributed by atoms with Crippen molar-refractivity contribution in [2.24, 2.45) is 0 Å². The van der Waals surface area contributed by atoms with E-state index in [-0.39, 0.29) is 30.2 Å². The van der Waals surface area contributed by atoms with Gasteiger partial charge in [0, 0.05) is 24.9 Å². The molecule has 3 aromatic rings. The molecule has 28 heavy (non-hydrogen) atoms. The van der Waals surface area contributed by atoms with E-state index in [1.54, 1.807) is 11.3 Å². The first-order valence-electron chi connectivity index (χ1n) is 9.54. The molecule has 7 heteroatoms. The van der Waals surface area contributed by atoms with Crippen LogP contribution >= 0.6 is 11.3 Å². The van der Waals surface area contributed by atoms with E-state index in [4.69, 9.17) is 4.42 Å². The molecule has 146 valence electrons. The van der Waals surface area contributed by atoms with Crippen molar-refractivity contribution in [3.8, 4) is 0 Å². The first-order chi connectivity index (χ1) is 13.6. The molecule has 1 saturated heterocycles. The summed E-state index contributed by atoms with van der Waals surface area (Å²) in [6.45, 7) is 2.81. The summed E-state index contributed by atoms with van der Waals surface area (Å²) in [5.74, 6) is 0.726. The number of piperidine rings is 1. The van der Waals surface area contributed by atoms with Crippen molar-refractivity contribution in [3.63, 3.8) is 0 Å². The summed E-state index contributed by atoms with van der Waals surface area (Å²) >= 11 is 1.55. The van der Waals surface area contributed by atoms with Crippen LogP contribution in [0.4, 0.5) is 0 Å². The molecule has 2 amide bonds. The maximum atomic E-state index is 13.0. The lowest BCUT2D eigenvalue weighted by Crippen LogP contribution is -2.41. The Hall–Kier alpha value is -2.67. The van der Waals surface area contributed by atoms with Gasteiger partial charge in [-0.1, -0.05) is 18.2 Å². The Morgan fingerprint density at radius 1 is 1.32 bits per heavy atom. The molecule has 1 aliphatic rings. The Labute approximate surface area is 167 Å². The summed E-state index contributed by atoms with van der Waals surface area (Å²) < 4.78 is 5.92. The molecule has 0 bridgehead atoms. The third kappa shape index (κ3) is 4.09. The Morgan fingerprint density at radius 2 is 2.18 bits per heavy atom. The second-order valence-corrected chi connectivity index (χ2v) is 8.15. The maximum Gasteiger partial charge on any atom is 0.225 e. The van der Waals surface area contributed by atoms with Gasteiger partial charge in [-0.3, -0.25) is 9.59 Å². The molecule has 2 aromatic heterocycles. The molecule has 3 heterocycles. The zero-order valence-electron chi connectivity index (χ0n) is 15.8. The van der Waals surface area contributed by atoms with Gasteiger partial charge in [0.2, 0.25) is 11.8 Å². The molecule has 1 N–H and O–H groups in total. The molecular weight excluding hydrogens is 374 g/mol. The number of nitrogens with zero attached hydrogens (tertiary/aromatic N) is 2. The van der Waals surface area contributed by atoms with Gasteiger partial charge < -0.3 is 14.6 Å². The minimum atomic E-state index is -0.283. The fraction of sp³-hybridized carbons (Fsp3) is 0.381. The lowest BCUT2D eigenvalue weighted by Gasteiger charge is -2.32. The van der Waals surface area contributed by atoms with Gasteiger partial charge in [0.05, 0.1) is 18.4 Å². The number of oxazole rings is 1. The highest BCUT2D eigenvalue weighted by Gasteiger charge is 2.29. The molecular formula is C21H23N3O3S. The van der Waals surface area contributed by atoms with Crippen LogP contribution in [0.3, 0.4) is 0 Å². The van der Waals surface area contributed by atoms with Crippen LogP contribution in [0.25, 0.3) is 11.1 Å². The molecule has 1 fully saturated rings. The SMILES string of the molecule is CC(=O)N[C@@H](CC(=O)N1CCC[C@@H](c2nc3ccccc3o2)C1)c1cccs1. The molecule has 4 rings (SSSR count). The Bertz CT molecular complexity index is 933. The van der Waals surface area contributed by atoms with Crippen molar-refractivity contribution in [3.05, 3.63) is 52.5 Å². The minimum Gasteiger partial charge on any atom is -0.440 e. The van der Waals surface area contributed by atoms with Crippen molar-refractivity contribution < 1.29 is 14.0 Å². The lowest BCUT2D eigenvalue weighted by molar-refractivity contribution is -0.133. The highest BCUT2D eigenvalue weighted by Crippen LogP contribution is 2.30. The van der Waals surface area contributed by atoms with Crippen molar-refractivity contribution in [2.75, 3.05) is 13.1 Å². The third-order valence-electron chi connectivity index (χ3n) is 5.08. The van der Waals surface area contributed by atoms with Crippen LogP contribution in [0.15, 0.2) is 46.2 Å². The number of aromatic nitrogens is 1. The first kappa shape index (κ1) is 18.7. The summed E-state index contributed by atoms with van der Waals surface area (Å²) in [5, 5.41) is 4.86. The molecule has 0 saturated carbocycles. The van der Waals surface area contributed by atoms with Crippen LogP contribution < -0.4 is 5.32 Å². The second kappa shape index (κ2) is 8.14. The standard InChI is InChI=1S/C21H23N3O3S/c1-14(25)22-17(19-9-5-11-28-19)12-20(26)24-10-4-6-15(13-24)21-23-16-7-2-3-8-18(16)27-21/h2-3,5,7-9,11,15,17H,4,6,10,12-13H2,1H3,(H,22,25)/t15-,17+/m1/s1. The number of thiophene rings is 1. The van der Waals surface area contributed by atoms with E-state index in [9.17, 15) is 9.59 Å². The van der Waals surface area contributed by atoms with E-state index in [1.165, 1.54) is 6.92 Å². The summed E-state index contributed by atoms with van der Waals surface area (Å²) in [6, 6.07) is 11.3. The third-order valence-corrected chi connectivity index (χ3v) is 6.06. The topological polar surface area (TPSA) is 75.4 Å². The lowest BCUT2D eigenvalue weighted by atomic mass is 9.97. The fourth-order valence-electron chi connectivity index (χ4n) is 3.73. The number of nitrogens with one attached hydrogen (secondary N) is 1. The largest absolute Gasteiger partial charge is 0.440 e. The molecule has 0 unspecified atom stereocenters. The van der Waals surface area contributed by atoms with Crippen molar-refractivity contribution in [1.29, 1.82) is 0 Å². The Morgan fingerprint density at radius 3 is 2.93 bits per heavy atom. The number of hydrogen-bond acceptors (Lipinski definition) is 5. The summed E-state index contributed by atoms with van der Waals surface area (Å²) in [6.07, 6.45) is 2.13. The van der Waals surface area contributed by atoms with E-state index in [0.29, 0.717) is 12.4 Å². The van der Waals surface area contributed by atoms with Gasteiger partial charge in [0.15, 0.2) is 11.5 Å². The Kier molecular flexibility index (Phi) is 5.43. The molecule has 1 aliphatic heterocycles. The predicted octanol–water partition coefficient (Wildman–Crippen LogP) is 3.86. The van der Waals surface area contributed by atoms with Gasteiger partial charge >= 0.3 is 0 Å². The maximum absolute atomic E-state index is 13.0. The molecule has 0 radical (unpaired) electrons. The highest BCUT2D eigenvalue weighted by molar-refractivity contribution is 7.10. The average Bonchev–Trinajstić information content (AvgIpc) is 3.37. The zero-order valence-corrected chi connectivity index (χ0v) is 16.6. The number of likely N-dealkylation sites (tertiary alicyclic amines) is 1. The summed E-state index contributed by atoms with van der Waals surface area (Å²) in [5.41, 5.74) is 1.63. The molecule has 0 aliphatic carbocycles. The zero-order chi connectivity index (χ0) is 19.5. The van der Waals surface area contributed by atoms with Crippen LogP contribution in [-0.2, 0) is 9.59 Å². The number of rotatable bonds is 5. The summed E-state index contributed by atoms with van der Waals surface area (Å²) in [4.78, 5) is 32.0. The van der Waals surface area contributed by atoms with Gasteiger partial charge in [0.1, 0.15) is 5.52 Å². The van der Waals surface area contributed by atoms with E-state index < -0.39 is 0 Å². The van der Waals surface area contributed by atoms with E-state index in [1.807, 2.05) is 46.7 Å². The quantitative estimate of drug-likeness (QED) is 0.709. The van der Waals surface area contributed by atoms with Crippen molar-refractivity contribution in [2.45, 2.75) is 38.1 Å². The van der Waals surface area contributed by atoms with Crippen LogP contribution in [0.1, 0.15) is 48.9 Å². The molecule has 1 aromatic carbocycles. The smallest absolute Gasteiger partial charge is 0.225 e. The van der Waals surface area contributed by atoms with E-state index in [2.05, 4.69) is 10.3 Å². The van der Waals surface area contributed by atoms with Gasteiger partial charge in [-0.25, -0.2) is 4.98 Å². The van der Waals surface area contributed by atoms with Crippen LogP contribution in [0.2, 0.25) is 0 Å². The predicted molar refractivity (Wildman–Crippen MR) is 108 cm³/mol. The monoisotopic (exact) mass is 397 g/mol. The fourth-order valence-corrected chi connectivity index (χ4v) is 4.51. The summed E-state index contributed by atoms with van der Waals surface area (Å²) in [7, 11) is 0. The average molecular weight is 398 g/mol. The van der Waals surface area contributed by atoms with Crippen LogP contribution in [-0.4, -0.2) is 34.8 Å². The molecule has 2 atom stereocenters. The second-order valence-electron chi connectivity index (χ2n) is 7.17. The van der Waals surface area contributed by atoms with Crippen molar-refractivity contribution in [1.82, 2.24) is 15.2 Å². The van der Waals surface area contributed by atoms with Crippen LogP contribution in [0.5, 0.6) is 0 Å². The number of carbonyl (C=O) groups is 2. The van der Waals surface area contributed by atoms with E-state index >= 15 is 0 Å².